The minimum absolute atomic E-state index is 0.728. The molecule has 0 heterocycles. The number of allylic oxidation sites excluding steroid dienone is 1. The van der Waals surface area contributed by atoms with Crippen LogP contribution in [-0.2, 0) is 0 Å². The van der Waals surface area contributed by atoms with Gasteiger partial charge < -0.3 is 0 Å². The molecule has 1 heteroatoms. The van der Waals surface area contributed by atoms with Crippen molar-refractivity contribution in [2.24, 2.45) is 0 Å². The first-order valence-corrected chi connectivity index (χ1v) is 13.9. The first-order valence-electron chi connectivity index (χ1n) is 11.6. The van der Waals surface area contributed by atoms with Crippen molar-refractivity contribution in [1.82, 2.24) is 0 Å². The predicted octanol–water partition coefficient (Wildman–Crippen LogP) is 8.55. The number of hydrogen-bond donors (Lipinski definition) is 0. The molecule has 0 N–H and O–H groups in total. The molecule has 1 aliphatic rings. The third kappa shape index (κ3) is 7.62. The van der Waals surface area contributed by atoms with Gasteiger partial charge in [0.15, 0.2) is 0 Å². The van der Waals surface area contributed by atoms with Gasteiger partial charge in [0, 0.05) is 0 Å². The van der Waals surface area contributed by atoms with Gasteiger partial charge in [0.2, 0.25) is 0 Å². The SMILES string of the molecule is CCCCCCC[CH2][Al]([CH2]CCCCCCC)[CH]1C=Cc2ccccc21. The topological polar surface area (TPSA) is 0 Å². The van der Waals surface area contributed by atoms with Crippen LogP contribution in [0.15, 0.2) is 30.3 Å². The Hall–Kier alpha value is -0.508. The molecule has 0 nitrogen and oxygen atoms in total. The number of fused-ring (bicyclic) bond motifs is 1. The minimum Gasteiger partial charge on any atom is -0.0932 e. The van der Waals surface area contributed by atoms with Gasteiger partial charge in [-0.3, -0.25) is 0 Å². The predicted molar refractivity (Wildman–Crippen MR) is 120 cm³/mol. The van der Waals surface area contributed by atoms with Crippen LogP contribution in [0.4, 0.5) is 0 Å². The van der Waals surface area contributed by atoms with E-state index in [2.05, 4.69) is 50.3 Å². The summed E-state index contributed by atoms with van der Waals surface area (Å²) in [7, 11) is 0. The number of unbranched alkanes of at least 4 members (excludes halogenated alkanes) is 10. The molecule has 0 fully saturated rings. The summed E-state index contributed by atoms with van der Waals surface area (Å²) in [6.45, 7) is 4.63. The smallest absolute Gasteiger partial charge is 0.0932 e. The molecule has 26 heavy (non-hydrogen) atoms. The molecule has 0 aliphatic heterocycles. The summed E-state index contributed by atoms with van der Waals surface area (Å²) in [6.07, 6.45) is 22.3. The summed E-state index contributed by atoms with van der Waals surface area (Å²) in [4.78, 5) is 0. The van der Waals surface area contributed by atoms with Crippen molar-refractivity contribution in [2.75, 3.05) is 0 Å². The maximum Gasteiger partial charge on any atom is 0.277 e. The van der Waals surface area contributed by atoms with Gasteiger partial charge in [-0.2, -0.15) is 0 Å². The summed E-state index contributed by atoms with van der Waals surface area (Å²) in [6, 6.07) is 9.17. The minimum atomic E-state index is -0.728. The zero-order valence-electron chi connectivity index (χ0n) is 17.5. The molecule has 1 atom stereocenters. The van der Waals surface area contributed by atoms with Crippen molar-refractivity contribution in [2.45, 2.75) is 106 Å². The van der Waals surface area contributed by atoms with E-state index in [1.54, 1.807) is 16.1 Å². The van der Waals surface area contributed by atoms with Gasteiger partial charge in [-0.1, -0.05) is 138 Å². The second-order valence-corrected chi connectivity index (χ2v) is 11.8. The average molecular weight is 369 g/mol. The highest BCUT2D eigenvalue weighted by atomic mass is 27.2. The van der Waals surface area contributed by atoms with Gasteiger partial charge in [-0.25, -0.2) is 0 Å². The van der Waals surface area contributed by atoms with Gasteiger partial charge in [-0.05, 0) is 15.9 Å². The molecule has 2 rings (SSSR count). The second kappa shape index (κ2) is 13.6. The van der Waals surface area contributed by atoms with E-state index >= 15 is 0 Å². The van der Waals surface area contributed by atoms with Crippen molar-refractivity contribution in [3.63, 3.8) is 0 Å². The Balaban J connectivity index is 1.80. The normalized spacial score (nSPS) is 15.4. The monoisotopic (exact) mass is 368 g/mol. The van der Waals surface area contributed by atoms with Crippen molar-refractivity contribution >= 4 is 20.2 Å². The van der Waals surface area contributed by atoms with Crippen LogP contribution in [0, 0.1) is 0 Å². The van der Waals surface area contributed by atoms with Crippen LogP contribution in [0.5, 0.6) is 0 Å². The first-order chi connectivity index (χ1) is 12.9. The highest BCUT2D eigenvalue weighted by Crippen LogP contribution is 2.35. The number of rotatable bonds is 15. The van der Waals surface area contributed by atoms with Gasteiger partial charge in [-0.15, -0.1) is 0 Å². The molecular formula is C25H41Al. The lowest BCUT2D eigenvalue weighted by molar-refractivity contribution is 0.615. The molecule has 0 saturated carbocycles. The fraction of sp³-hybridized carbons (Fsp3) is 0.680. The van der Waals surface area contributed by atoms with Crippen molar-refractivity contribution < 1.29 is 0 Å². The van der Waals surface area contributed by atoms with E-state index in [-0.39, 0.29) is 0 Å². The highest BCUT2D eigenvalue weighted by molar-refractivity contribution is 6.61. The van der Waals surface area contributed by atoms with Crippen LogP contribution < -0.4 is 0 Å². The van der Waals surface area contributed by atoms with E-state index in [9.17, 15) is 0 Å². The Kier molecular flexibility index (Phi) is 11.4. The zero-order valence-corrected chi connectivity index (χ0v) is 18.7. The molecule has 0 bridgehead atoms. The van der Waals surface area contributed by atoms with E-state index in [0.29, 0.717) is 0 Å². The molecule has 1 aromatic rings. The number of benzene rings is 1. The summed E-state index contributed by atoms with van der Waals surface area (Å²) in [5.41, 5.74) is 3.15. The van der Waals surface area contributed by atoms with Crippen molar-refractivity contribution in [3.8, 4) is 0 Å². The van der Waals surface area contributed by atoms with E-state index < -0.39 is 14.1 Å². The maximum atomic E-state index is 2.57. The Morgan fingerprint density at radius 1 is 0.692 bits per heavy atom. The van der Waals surface area contributed by atoms with Crippen LogP contribution in [0.25, 0.3) is 6.08 Å². The lowest BCUT2D eigenvalue weighted by atomic mass is 10.1. The Morgan fingerprint density at radius 2 is 1.23 bits per heavy atom. The average Bonchev–Trinajstić information content (AvgIpc) is 3.09. The Bertz CT molecular complexity index is 489. The van der Waals surface area contributed by atoms with Crippen LogP contribution >= 0.6 is 0 Å². The van der Waals surface area contributed by atoms with Crippen molar-refractivity contribution in [3.05, 3.63) is 41.5 Å². The standard InChI is InChI=1S/C9H7.2C8H17.Al/c1-2-5-9-7-3-6-8(9)4-1;2*1-3-5-7-8-6-4-2;/h1-7H;2*1,3-8H2,2H3;. The summed E-state index contributed by atoms with van der Waals surface area (Å²) < 4.78 is 0.817. The first kappa shape index (κ1) is 21.8. The summed E-state index contributed by atoms with van der Waals surface area (Å²) in [5.74, 6) is 0. The maximum absolute atomic E-state index is 2.57. The summed E-state index contributed by atoms with van der Waals surface area (Å²) in [5, 5.41) is 3.12. The third-order valence-electron chi connectivity index (χ3n) is 6.20. The van der Waals surface area contributed by atoms with Gasteiger partial charge in [0.25, 0.3) is 14.1 Å². The molecular weight excluding hydrogens is 327 g/mol. The van der Waals surface area contributed by atoms with E-state index in [4.69, 9.17) is 0 Å². The third-order valence-corrected chi connectivity index (χ3v) is 10.1. The molecule has 0 spiro atoms. The fourth-order valence-electron chi connectivity index (χ4n) is 4.57. The molecule has 1 unspecified atom stereocenters. The highest BCUT2D eigenvalue weighted by Gasteiger charge is 2.30. The molecule has 0 radical (unpaired) electrons. The Morgan fingerprint density at radius 3 is 1.85 bits per heavy atom. The van der Waals surface area contributed by atoms with Crippen LogP contribution in [0.1, 0.15) is 107 Å². The Labute approximate surface area is 167 Å². The quantitative estimate of drug-likeness (QED) is 0.215. The summed E-state index contributed by atoms with van der Waals surface area (Å²) >= 11 is -0.728. The van der Waals surface area contributed by atoms with E-state index in [1.165, 1.54) is 82.6 Å². The molecule has 144 valence electrons. The van der Waals surface area contributed by atoms with E-state index in [1.807, 2.05) is 0 Å². The largest absolute Gasteiger partial charge is 0.277 e. The van der Waals surface area contributed by atoms with Crippen LogP contribution in [0.2, 0.25) is 10.6 Å². The van der Waals surface area contributed by atoms with Gasteiger partial charge >= 0.3 is 0 Å². The van der Waals surface area contributed by atoms with Crippen LogP contribution in [0.3, 0.4) is 0 Å². The second-order valence-electron chi connectivity index (χ2n) is 8.39. The lowest BCUT2D eigenvalue weighted by Crippen LogP contribution is -2.21. The molecule has 0 saturated heterocycles. The molecule has 0 aromatic heterocycles. The lowest BCUT2D eigenvalue weighted by Gasteiger charge is -2.19. The molecule has 0 amide bonds. The molecule has 1 aromatic carbocycles. The number of hydrogen-bond acceptors (Lipinski definition) is 0. The molecule has 1 aliphatic carbocycles. The van der Waals surface area contributed by atoms with Gasteiger partial charge in [0.1, 0.15) is 0 Å². The zero-order chi connectivity index (χ0) is 18.5. The van der Waals surface area contributed by atoms with Crippen LogP contribution in [-0.4, -0.2) is 14.1 Å². The van der Waals surface area contributed by atoms with Crippen molar-refractivity contribution in [1.29, 1.82) is 0 Å². The van der Waals surface area contributed by atoms with E-state index in [0.717, 1.165) is 4.78 Å². The fourth-order valence-corrected chi connectivity index (χ4v) is 8.44. The van der Waals surface area contributed by atoms with Gasteiger partial charge in [0.05, 0.1) is 0 Å².